The third kappa shape index (κ3) is 0.746. The molecule has 1 rings (SSSR count). The maximum absolute atomic E-state index is 5.10. The molecule has 1 atom stereocenters. The van der Waals surface area contributed by atoms with Gasteiger partial charge in [-0.1, -0.05) is 6.32 Å². The Balaban J connectivity index is 2.18. The van der Waals surface area contributed by atoms with Crippen LogP contribution in [0, 0.1) is 0 Å². The van der Waals surface area contributed by atoms with Crippen molar-refractivity contribution in [2.45, 2.75) is 19.2 Å². The van der Waals surface area contributed by atoms with Crippen molar-refractivity contribution >= 4 is 7.28 Å². The number of ether oxygens (including phenoxy) is 1. The highest BCUT2D eigenvalue weighted by Gasteiger charge is 2.09. The van der Waals surface area contributed by atoms with Crippen LogP contribution in [0.3, 0.4) is 0 Å². The molecule has 1 heterocycles. The minimum Gasteiger partial charge on any atom is -0.388 e. The lowest BCUT2D eigenvalue weighted by molar-refractivity contribution is 0.151. The Labute approximate surface area is 38.9 Å². The fourth-order valence-corrected chi connectivity index (χ4v) is 0.625. The van der Waals surface area contributed by atoms with E-state index >= 15 is 0 Å². The zero-order chi connectivity index (χ0) is 4.41. The Bertz CT molecular complexity index is 40.8. The third-order valence-electron chi connectivity index (χ3n) is 0.997. The van der Waals surface area contributed by atoms with Gasteiger partial charge >= 0.3 is 0 Å². The van der Waals surface area contributed by atoms with Crippen molar-refractivity contribution in [3.05, 3.63) is 0 Å². The van der Waals surface area contributed by atoms with Crippen molar-refractivity contribution < 1.29 is 4.74 Å². The van der Waals surface area contributed by atoms with Crippen LogP contribution in [-0.4, -0.2) is 19.9 Å². The minimum absolute atomic E-state index is 0.421. The first-order valence-electron chi connectivity index (χ1n) is 2.34. The van der Waals surface area contributed by atoms with Gasteiger partial charge in [0.05, 0.1) is 0 Å². The summed E-state index contributed by atoms with van der Waals surface area (Å²) in [5, 5.41) is 0. The first-order valence-corrected chi connectivity index (χ1v) is 2.34. The molecule has 0 aromatic heterocycles. The van der Waals surface area contributed by atoms with Gasteiger partial charge in [0, 0.05) is 12.6 Å². The minimum atomic E-state index is 0.421. The molecule has 33 valence electrons. The molecular weight excluding hydrogens is 74.9 g/mol. The molecule has 0 amide bonds. The Kier molecular flexibility index (Phi) is 1.15. The average Bonchev–Trinajstić information content (AvgIpc) is 1.86. The van der Waals surface area contributed by atoms with Crippen molar-refractivity contribution in [1.82, 2.24) is 0 Å². The molecule has 1 aliphatic rings. The molecular formula is C4H8BO. The van der Waals surface area contributed by atoms with E-state index < -0.39 is 0 Å². The molecule has 1 saturated heterocycles. The van der Waals surface area contributed by atoms with E-state index in [9.17, 15) is 0 Å². The standard InChI is InChI=1S/C4H8BO/c1-4-5-2-3-6-4/h4H,2-3H2,1H3/t4-/m1/s1. The Morgan fingerprint density at radius 1 is 1.83 bits per heavy atom. The summed E-state index contributed by atoms with van der Waals surface area (Å²) < 4.78 is 5.10. The summed E-state index contributed by atoms with van der Waals surface area (Å²) in [4.78, 5) is 0. The SMILES string of the molecule is C[C@@H]1[B]CCO1. The fraction of sp³-hybridized carbons (Fsp3) is 1.00. The van der Waals surface area contributed by atoms with Gasteiger partial charge in [-0.15, -0.1) is 0 Å². The number of hydrogen-bond donors (Lipinski definition) is 0. The first-order chi connectivity index (χ1) is 2.89. The normalized spacial score (nSPS) is 33.2. The second-order valence-electron chi connectivity index (χ2n) is 1.60. The van der Waals surface area contributed by atoms with Gasteiger partial charge < -0.3 is 4.74 Å². The molecule has 1 aliphatic heterocycles. The van der Waals surface area contributed by atoms with E-state index in [0.29, 0.717) is 6.00 Å². The van der Waals surface area contributed by atoms with E-state index in [0.717, 1.165) is 12.9 Å². The number of rotatable bonds is 0. The monoisotopic (exact) mass is 83.1 g/mol. The van der Waals surface area contributed by atoms with E-state index in [-0.39, 0.29) is 0 Å². The predicted octanol–water partition coefficient (Wildman–Crippen LogP) is 0.485. The molecule has 0 aromatic rings. The lowest BCUT2D eigenvalue weighted by atomic mass is 9.72. The van der Waals surface area contributed by atoms with Gasteiger partial charge in [0.2, 0.25) is 0 Å². The average molecular weight is 82.9 g/mol. The van der Waals surface area contributed by atoms with Gasteiger partial charge in [-0.2, -0.15) is 0 Å². The first kappa shape index (κ1) is 4.19. The van der Waals surface area contributed by atoms with E-state index in [1.54, 1.807) is 0 Å². The zero-order valence-electron chi connectivity index (χ0n) is 3.98. The van der Waals surface area contributed by atoms with Crippen molar-refractivity contribution in [3.63, 3.8) is 0 Å². The molecule has 1 nitrogen and oxygen atoms in total. The third-order valence-corrected chi connectivity index (χ3v) is 0.997. The molecule has 1 fully saturated rings. The second kappa shape index (κ2) is 1.65. The molecule has 6 heavy (non-hydrogen) atoms. The Morgan fingerprint density at radius 2 is 2.67 bits per heavy atom. The summed E-state index contributed by atoms with van der Waals surface area (Å²) in [6.45, 7) is 2.99. The predicted molar refractivity (Wildman–Crippen MR) is 26.0 cm³/mol. The lowest BCUT2D eigenvalue weighted by Gasteiger charge is -1.94. The second-order valence-corrected chi connectivity index (χ2v) is 1.60. The maximum Gasteiger partial charge on any atom is 0.151 e. The van der Waals surface area contributed by atoms with Crippen molar-refractivity contribution in [2.24, 2.45) is 0 Å². The van der Waals surface area contributed by atoms with E-state index in [1.165, 1.54) is 0 Å². The highest BCUT2D eigenvalue weighted by molar-refractivity contribution is 6.37. The molecule has 0 N–H and O–H groups in total. The number of hydrogen-bond acceptors (Lipinski definition) is 1. The van der Waals surface area contributed by atoms with Crippen LogP contribution in [0.5, 0.6) is 0 Å². The maximum atomic E-state index is 5.10. The van der Waals surface area contributed by atoms with Gasteiger partial charge in [-0.25, -0.2) is 0 Å². The molecule has 1 radical (unpaired) electrons. The fourth-order valence-electron chi connectivity index (χ4n) is 0.625. The molecule has 0 saturated carbocycles. The van der Waals surface area contributed by atoms with E-state index in [4.69, 9.17) is 4.74 Å². The Hall–Kier alpha value is 0.0249. The summed E-state index contributed by atoms with van der Waals surface area (Å²) >= 11 is 0. The summed E-state index contributed by atoms with van der Waals surface area (Å²) in [5.41, 5.74) is 0. The highest BCUT2D eigenvalue weighted by atomic mass is 16.5. The van der Waals surface area contributed by atoms with Gasteiger partial charge in [-0.3, -0.25) is 0 Å². The largest absolute Gasteiger partial charge is 0.388 e. The van der Waals surface area contributed by atoms with Gasteiger partial charge in [-0.05, 0) is 6.92 Å². The van der Waals surface area contributed by atoms with Crippen molar-refractivity contribution in [3.8, 4) is 0 Å². The van der Waals surface area contributed by atoms with Crippen LogP contribution in [0.15, 0.2) is 0 Å². The van der Waals surface area contributed by atoms with Crippen LogP contribution in [0.25, 0.3) is 0 Å². The quantitative estimate of drug-likeness (QED) is 0.387. The van der Waals surface area contributed by atoms with Gasteiger partial charge in [0.15, 0.2) is 7.28 Å². The highest BCUT2D eigenvalue weighted by Crippen LogP contribution is 2.00. The molecule has 0 bridgehead atoms. The smallest absolute Gasteiger partial charge is 0.151 e. The van der Waals surface area contributed by atoms with Gasteiger partial charge in [0.25, 0.3) is 0 Å². The van der Waals surface area contributed by atoms with Crippen LogP contribution < -0.4 is 0 Å². The van der Waals surface area contributed by atoms with E-state index in [2.05, 4.69) is 14.2 Å². The molecule has 0 unspecified atom stereocenters. The van der Waals surface area contributed by atoms with Crippen LogP contribution in [-0.2, 0) is 4.74 Å². The Morgan fingerprint density at radius 3 is 2.83 bits per heavy atom. The molecule has 0 spiro atoms. The summed E-state index contributed by atoms with van der Waals surface area (Å²) in [7, 11) is 2.18. The van der Waals surface area contributed by atoms with Crippen LogP contribution in [0.4, 0.5) is 0 Å². The summed E-state index contributed by atoms with van der Waals surface area (Å²) in [6, 6.07) is 0.421. The zero-order valence-corrected chi connectivity index (χ0v) is 3.98. The van der Waals surface area contributed by atoms with Crippen molar-refractivity contribution in [2.75, 3.05) is 6.61 Å². The van der Waals surface area contributed by atoms with Crippen LogP contribution in [0.2, 0.25) is 6.32 Å². The van der Waals surface area contributed by atoms with Gasteiger partial charge in [0.1, 0.15) is 0 Å². The van der Waals surface area contributed by atoms with Crippen LogP contribution >= 0.6 is 0 Å². The lowest BCUT2D eigenvalue weighted by Crippen LogP contribution is -2.03. The topological polar surface area (TPSA) is 9.23 Å². The molecule has 2 heteroatoms. The van der Waals surface area contributed by atoms with E-state index in [1.807, 2.05) is 0 Å². The van der Waals surface area contributed by atoms with Crippen LogP contribution in [0.1, 0.15) is 6.92 Å². The summed E-state index contributed by atoms with van der Waals surface area (Å²) in [5.74, 6) is 0. The summed E-state index contributed by atoms with van der Waals surface area (Å²) in [6.07, 6.45) is 1.14. The molecule has 0 aromatic carbocycles. The molecule has 0 aliphatic carbocycles. The van der Waals surface area contributed by atoms with Crippen molar-refractivity contribution in [1.29, 1.82) is 0 Å².